The second-order valence-corrected chi connectivity index (χ2v) is 7.69. The van der Waals surface area contributed by atoms with Gasteiger partial charge in [-0.1, -0.05) is 43.7 Å². The van der Waals surface area contributed by atoms with Crippen molar-refractivity contribution in [1.82, 2.24) is 0 Å². The van der Waals surface area contributed by atoms with Gasteiger partial charge in [0.2, 0.25) is 0 Å². The molecule has 0 amide bonds. The fourth-order valence-corrected chi connectivity index (χ4v) is 4.30. The van der Waals surface area contributed by atoms with Crippen LogP contribution in [0.25, 0.3) is 10.8 Å². The zero-order valence-corrected chi connectivity index (χ0v) is 15.8. The highest BCUT2D eigenvalue weighted by Crippen LogP contribution is 2.37. The van der Waals surface area contributed by atoms with E-state index >= 15 is 4.39 Å². The molecule has 1 aliphatic carbocycles. The van der Waals surface area contributed by atoms with E-state index in [1.165, 1.54) is 5.56 Å². The SMILES string of the molecule is CCCCc1ccc2c(F)c(C3CCc4c(cc(F)c(F)c4F)C3)ccc2c1. The van der Waals surface area contributed by atoms with Crippen molar-refractivity contribution in [3.63, 3.8) is 0 Å². The highest BCUT2D eigenvalue weighted by Gasteiger charge is 2.28. The molecule has 146 valence electrons. The quantitative estimate of drug-likeness (QED) is 0.334. The summed E-state index contributed by atoms with van der Waals surface area (Å²) >= 11 is 0. The topological polar surface area (TPSA) is 0 Å². The number of hydrogen-bond acceptors (Lipinski definition) is 0. The second kappa shape index (κ2) is 7.57. The minimum atomic E-state index is -1.42. The average molecular weight is 386 g/mol. The molecular weight excluding hydrogens is 364 g/mol. The number of aryl methyl sites for hydroxylation is 1. The first-order chi connectivity index (χ1) is 13.5. The van der Waals surface area contributed by atoms with Crippen LogP contribution in [0, 0.1) is 23.3 Å². The fraction of sp³-hybridized carbons (Fsp3) is 0.333. The van der Waals surface area contributed by atoms with Crippen LogP contribution in [0.2, 0.25) is 0 Å². The Kier molecular flexibility index (Phi) is 5.13. The Labute approximate surface area is 162 Å². The van der Waals surface area contributed by atoms with Crippen LogP contribution in [-0.2, 0) is 19.3 Å². The monoisotopic (exact) mass is 386 g/mol. The summed E-state index contributed by atoms with van der Waals surface area (Å²) in [5.74, 6) is -4.16. The van der Waals surface area contributed by atoms with Crippen molar-refractivity contribution in [2.24, 2.45) is 0 Å². The molecule has 0 radical (unpaired) electrons. The van der Waals surface area contributed by atoms with Gasteiger partial charge in [0.1, 0.15) is 5.82 Å². The van der Waals surface area contributed by atoms with Gasteiger partial charge < -0.3 is 0 Å². The van der Waals surface area contributed by atoms with Crippen LogP contribution >= 0.6 is 0 Å². The molecule has 3 aromatic rings. The highest BCUT2D eigenvalue weighted by atomic mass is 19.2. The van der Waals surface area contributed by atoms with E-state index in [9.17, 15) is 13.2 Å². The zero-order chi connectivity index (χ0) is 19.8. The molecule has 0 saturated carbocycles. The number of hydrogen-bond donors (Lipinski definition) is 0. The fourth-order valence-electron chi connectivity index (χ4n) is 4.30. The zero-order valence-electron chi connectivity index (χ0n) is 15.8. The van der Waals surface area contributed by atoms with Gasteiger partial charge in [-0.15, -0.1) is 0 Å². The van der Waals surface area contributed by atoms with Gasteiger partial charge in [-0.05, 0) is 71.7 Å². The summed E-state index contributed by atoms with van der Waals surface area (Å²) in [5, 5.41) is 1.44. The summed E-state index contributed by atoms with van der Waals surface area (Å²) in [6.45, 7) is 2.14. The maximum atomic E-state index is 15.2. The number of halogens is 4. The minimum absolute atomic E-state index is 0.180. The summed E-state index contributed by atoms with van der Waals surface area (Å²) in [5.41, 5.74) is 2.41. The van der Waals surface area contributed by atoms with Crippen LogP contribution in [0.1, 0.15) is 54.4 Å². The first-order valence-electron chi connectivity index (χ1n) is 9.85. The Hall–Kier alpha value is -2.36. The molecular formula is C24H22F4. The van der Waals surface area contributed by atoms with Crippen LogP contribution in [-0.4, -0.2) is 0 Å². The Bertz CT molecular complexity index is 1040. The summed E-state index contributed by atoms with van der Waals surface area (Å²) in [6, 6.07) is 10.6. The van der Waals surface area contributed by atoms with Crippen LogP contribution < -0.4 is 0 Å². The van der Waals surface area contributed by atoms with E-state index in [1.54, 1.807) is 6.07 Å². The van der Waals surface area contributed by atoms with Gasteiger partial charge in [-0.25, -0.2) is 17.6 Å². The Morgan fingerprint density at radius 2 is 1.75 bits per heavy atom. The van der Waals surface area contributed by atoms with Crippen LogP contribution in [0.4, 0.5) is 17.6 Å². The lowest BCUT2D eigenvalue weighted by atomic mass is 9.79. The largest absolute Gasteiger partial charge is 0.206 e. The molecule has 0 fully saturated rings. The van der Waals surface area contributed by atoms with E-state index in [0.29, 0.717) is 29.4 Å². The summed E-state index contributed by atoms with van der Waals surface area (Å²) in [6.07, 6.45) is 4.27. The van der Waals surface area contributed by atoms with Gasteiger partial charge in [0, 0.05) is 5.39 Å². The molecule has 0 aliphatic heterocycles. The molecule has 1 atom stereocenters. The van der Waals surface area contributed by atoms with Gasteiger partial charge >= 0.3 is 0 Å². The lowest BCUT2D eigenvalue weighted by molar-refractivity contribution is 0.427. The summed E-state index contributed by atoms with van der Waals surface area (Å²) in [4.78, 5) is 0. The molecule has 28 heavy (non-hydrogen) atoms. The van der Waals surface area contributed by atoms with E-state index in [1.807, 2.05) is 24.3 Å². The molecule has 0 bridgehead atoms. The molecule has 0 heterocycles. The van der Waals surface area contributed by atoms with Crippen molar-refractivity contribution >= 4 is 10.8 Å². The molecule has 0 saturated heterocycles. The lowest BCUT2D eigenvalue weighted by Crippen LogP contribution is -2.17. The van der Waals surface area contributed by atoms with E-state index in [0.717, 1.165) is 30.7 Å². The molecule has 0 N–H and O–H groups in total. The molecule has 3 aromatic carbocycles. The summed E-state index contributed by atoms with van der Waals surface area (Å²) in [7, 11) is 0. The second-order valence-electron chi connectivity index (χ2n) is 7.69. The van der Waals surface area contributed by atoms with Crippen LogP contribution in [0.5, 0.6) is 0 Å². The minimum Gasteiger partial charge on any atom is -0.206 e. The number of unbranched alkanes of at least 4 members (excludes halogenated alkanes) is 1. The summed E-state index contributed by atoms with van der Waals surface area (Å²) < 4.78 is 56.3. The van der Waals surface area contributed by atoms with Crippen LogP contribution in [0.15, 0.2) is 36.4 Å². The van der Waals surface area contributed by atoms with E-state index in [4.69, 9.17) is 0 Å². The average Bonchev–Trinajstić information content (AvgIpc) is 2.70. The third-order valence-corrected chi connectivity index (χ3v) is 5.87. The highest BCUT2D eigenvalue weighted by molar-refractivity contribution is 5.84. The van der Waals surface area contributed by atoms with Crippen molar-refractivity contribution in [2.45, 2.75) is 51.4 Å². The maximum Gasteiger partial charge on any atom is 0.194 e. The molecule has 1 aliphatic rings. The Morgan fingerprint density at radius 1 is 0.929 bits per heavy atom. The Morgan fingerprint density at radius 3 is 2.54 bits per heavy atom. The van der Waals surface area contributed by atoms with E-state index < -0.39 is 17.5 Å². The van der Waals surface area contributed by atoms with Crippen molar-refractivity contribution in [3.05, 3.63) is 81.9 Å². The van der Waals surface area contributed by atoms with Gasteiger partial charge in [-0.2, -0.15) is 0 Å². The number of rotatable bonds is 4. The molecule has 4 heteroatoms. The third kappa shape index (κ3) is 3.30. The molecule has 0 aromatic heterocycles. The maximum absolute atomic E-state index is 15.2. The molecule has 0 spiro atoms. The Balaban J connectivity index is 1.67. The van der Waals surface area contributed by atoms with E-state index in [2.05, 4.69) is 6.92 Å². The van der Waals surface area contributed by atoms with Gasteiger partial charge in [0.05, 0.1) is 0 Å². The van der Waals surface area contributed by atoms with Gasteiger partial charge in [0.25, 0.3) is 0 Å². The molecule has 1 unspecified atom stereocenters. The first kappa shape index (κ1) is 19.0. The third-order valence-electron chi connectivity index (χ3n) is 5.87. The molecule has 0 nitrogen and oxygen atoms in total. The van der Waals surface area contributed by atoms with Gasteiger partial charge in [0.15, 0.2) is 17.5 Å². The normalized spacial score (nSPS) is 16.4. The predicted octanol–water partition coefficient (Wildman–Crippen LogP) is 7.01. The molecule has 4 rings (SSSR count). The van der Waals surface area contributed by atoms with Crippen LogP contribution in [0.3, 0.4) is 0 Å². The van der Waals surface area contributed by atoms with Gasteiger partial charge in [-0.3, -0.25) is 0 Å². The number of fused-ring (bicyclic) bond motifs is 2. The predicted molar refractivity (Wildman–Crippen MR) is 104 cm³/mol. The van der Waals surface area contributed by atoms with Crippen molar-refractivity contribution < 1.29 is 17.6 Å². The van der Waals surface area contributed by atoms with Crippen molar-refractivity contribution in [3.8, 4) is 0 Å². The van der Waals surface area contributed by atoms with Crippen molar-refractivity contribution in [1.29, 1.82) is 0 Å². The smallest absolute Gasteiger partial charge is 0.194 e. The van der Waals surface area contributed by atoms with Crippen molar-refractivity contribution in [2.75, 3.05) is 0 Å². The number of benzene rings is 3. The lowest BCUT2D eigenvalue weighted by Gasteiger charge is -2.26. The first-order valence-corrected chi connectivity index (χ1v) is 9.85. The van der Waals surface area contributed by atoms with E-state index in [-0.39, 0.29) is 23.7 Å². The standard InChI is InChI=1S/C24H22F4/c1-2-3-4-14-5-8-18-15(11-14)6-9-19(22(18)26)16-7-10-20-17(12-16)13-21(25)24(28)23(20)27/h5-6,8-9,11,13,16H,2-4,7,10,12H2,1H3.